The van der Waals surface area contributed by atoms with E-state index in [0.29, 0.717) is 0 Å². The Bertz CT molecular complexity index is 426. The first kappa shape index (κ1) is 8.80. The van der Waals surface area contributed by atoms with Crippen molar-refractivity contribution >= 4 is 0 Å². The number of aryl methyl sites for hydroxylation is 2. The fraction of sp³-hybridized carbons (Fsp3) is 0.333. The SMILES string of the molecule is O=c1[nH]ccn1CCCn1cccn1. The van der Waals surface area contributed by atoms with E-state index in [1.807, 2.05) is 16.9 Å². The van der Waals surface area contributed by atoms with E-state index < -0.39 is 0 Å². The molecule has 2 rings (SSSR count). The van der Waals surface area contributed by atoms with Crippen LogP contribution in [0.25, 0.3) is 0 Å². The Balaban J connectivity index is 1.84. The summed E-state index contributed by atoms with van der Waals surface area (Å²) in [4.78, 5) is 13.7. The molecule has 0 bridgehead atoms. The summed E-state index contributed by atoms with van der Waals surface area (Å²) in [5, 5.41) is 4.08. The van der Waals surface area contributed by atoms with E-state index in [9.17, 15) is 4.79 Å². The maximum Gasteiger partial charge on any atom is 0.325 e. The number of aromatic nitrogens is 4. The minimum atomic E-state index is -0.0505. The molecule has 0 aliphatic carbocycles. The summed E-state index contributed by atoms with van der Waals surface area (Å²) in [6.07, 6.45) is 7.98. The Kier molecular flexibility index (Phi) is 2.48. The maximum atomic E-state index is 11.1. The van der Waals surface area contributed by atoms with Crippen LogP contribution in [0.2, 0.25) is 0 Å². The average molecular weight is 192 g/mol. The van der Waals surface area contributed by atoms with Gasteiger partial charge in [0.15, 0.2) is 0 Å². The van der Waals surface area contributed by atoms with Crippen LogP contribution in [0.5, 0.6) is 0 Å². The molecule has 0 radical (unpaired) electrons. The Morgan fingerprint density at radius 3 is 2.93 bits per heavy atom. The minimum absolute atomic E-state index is 0.0505. The molecule has 0 fully saturated rings. The van der Waals surface area contributed by atoms with Crippen LogP contribution in [0, 0.1) is 0 Å². The molecule has 1 N–H and O–H groups in total. The molecule has 0 aromatic carbocycles. The van der Waals surface area contributed by atoms with Gasteiger partial charge in [0, 0.05) is 37.9 Å². The Labute approximate surface area is 81.0 Å². The zero-order chi connectivity index (χ0) is 9.80. The van der Waals surface area contributed by atoms with Crippen molar-refractivity contribution in [1.29, 1.82) is 0 Å². The van der Waals surface area contributed by atoms with Crippen LogP contribution in [-0.2, 0) is 13.1 Å². The van der Waals surface area contributed by atoms with Crippen molar-refractivity contribution in [3.05, 3.63) is 41.3 Å². The number of nitrogens with one attached hydrogen (secondary N) is 1. The van der Waals surface area contributed by atoms with Crippen molar-refractivity contribution in [3.8, 4) is 0 Å². The molecule has 0 spiro atoms. The lowest BCUT2D eigenvalue weighted by atomic mass is 10.4. The highest BCUT2D eigenvalue weighted by molar-refractivity contribution is 4.78. The molecule has 0 aliphatic rings. The Morgan fingerprint density at radius 2 is 2.29 bits per heavy atom. The van der Waals surface area contributed by atoms with Crippen LogP contribution in [-0.4, -0.2) is 19.3 Å². The lowest BCUT2D eigenvalue weighted by Crippen LogP contribution is -2.17. The predicted octanol–water partition coefficient (Wildman–Crippen LogP) is 0.463. The van der Waals surface area contributed by atoms with Crippen LogP contribution in [0.3, 0.4) is 0 Å². The zero-order valence-corrected chi connectivity index (χ0v) is 7.76. The summed E-state index contributed by atoms with van der Waals surface area (Å²) in [5.41, 5.74) is -0.0505. The highest BCUT2D eigenvalue weighted by Gasteiger charge is 1.95. The van der Waals surface area contributed by atoms with Gasteiger partial charge in [0.05, 0.1) is 0 Å². The molecule has 0 saturated carbocycles. The van der Waals surface area contributed by atoms with Gasteiger partial charge < -0.3 is 4.98 Å². The number of aromatic amines is 1. The lowest BCUT2D eigenvalue weighted by molar-refractivity contribution is 0.520. The fourth-order valence-electron chi connectivity index (χ4n) is 1.36. The second-order valence-corrected chi connectivity index (χ2v) is 3.08. The Hall–Kier alpha value is -1.78. The van der Waals surface area contributed by atoms with E-state index in [-0.39, 0.29) is 5.69 Å². The second kappa shape index (κ2) is 3.95. The van der Waals surface area contributed by atoms with E-state index in [4.69, 9.17) is 0 Å². The number of hydrogen-bond acceptors (Lipinski definition) is 2. The first-order valence-corrected chi connectivity index (χ1v) is 4.57. The fourth-order valence-corrected chi connectivity index (χ4v) is 1.36. The van der Waals surface area contributed by atoms with E-state index >= 15 is 0 Å². The standard InChI is InChI=1S/C9H12N4O/c14-9-10-4-8-12(9)5-2-7-13-6-1-3-11-13/h1,3-4,6,8H,2,5,7H2,(H,10,14). The largest absolute Gasteiger partial charge is 0.325 e. The molecule has 0 unspecified atom stereocenters. The molecule has 2 aromatic heterocycles. The van der Waals surface area contributed by atoms with E-state index in [2.05, 4.69) is 10.1 Å². The molecular weight excluding hydrogens is 180 g/mol. The molecule has 0 atom stereocenters. The zero-order valence-electron chi connectivity index (χ0n) is 7.76. The number of hydrogen-bond donors (Lipinski definition) is 1. The first-order valence-electron chi connectivity index (χ1n) is 4.57. The normalized spacial score (nSPS) is 10.6. The molecule has 5 heteroatoms. The second-order valence-electron chi connectivity index (χ2n) is 3.08. The van der Waals surface area contributed by atoms with E-state index in [1.54, 1.807) is 23.2 Å². The third-order valence-electron chi connectivity index (χ3n) is 2.07. The molecule has 0 aliphatic heterocycles. The topological polar surface area (TPSA) is 55.6 Å². The number of nitrogens with zero attached hydrogens (tertiary/aromatic N) is 3. The highest BCUT2D eigenvalue weighted by atomic mass is 16.1. The lowest BCUT2D eigenvalue weighted by Gasteiger charge is -2.01. The predicted molar refractivity (Wildman–Crippen MR) is 51.9 cm³/mol. The van der Waals surface area contributed by atoms with Gasteiger partial charge in [-0.3, -0.25) is 9.25 Å². The molecule has 0 saturated heterocycles. The van der Waals surface area contributed by atoms with Gasteiger partial charge in [0.25, 0.3) is 0 Å². The van der Waals surface area contributed by atoms with Crippen molar-refractivity contribution in [2.45, 2.75) is 19.5 Å². The van der Waals surface area contributed by atoms with E-state index in [1.165, 1.54) is 0 Å². The maximum absolute atomic E-state index is 11.1. The number of imidazole rings is 1. The molecule has 5 nitrogen and oxygen atoms in total. The van der Waals surface area contributed by atoms with Crippen molar-refractivity contribution in [2.75, 3.05) is 0 Å². The summed E-state index contributed by atoms with van der Waals surface area (Å²) in [5.74, 6) is 0. The van der Waals surface area contributed by atoms with Crippen molar-refractivity contribution < 1.29 is 0 Å². The van der Waals surface area contributed by atoms with Gasteiger partial charge in [-0.25, -0.2) is 4.79 Å². The van der Waals surface area contributed by atoms with Gasteiger partial charge in [-0.15, -0.1) is 0 Å². The van der Waals surface area contributed by atoms with Crippen molar-refractivity contribution in [2.24, 2.45) is 0 Å². The summed E-state index contributed by atoms with van der Waals surface area (Å²) >= 11 is 0. The van der Waals surface area contributed by atoms with Crippen LogP contribution < -0.4 is 5.69 Å². The van der Waals surface area contributed by atoms with Gasteiger partial charge in [-0.05, 0) is 12.5 Å². The Morgan fingerprint density at radius 1 is 1.36 bits per heavy atom. The summed E-state index contributed by atoms with van der Waals surface area (Å²) in [7, 11) is 0. The average Bonchev–Trinajstić information content (AvgIpc) is 2.78. The van der Waals surface area contributed by atoms with Crippen LogP contribution in [0.4, 0.5) is 0 Å². The monoisotopic (exact) mass is 192 g/mol. The van der Waals surface area contributed by atoms with Crippen LogP contribution >= 0.6 is 0 Å². The summed E-state index contributed by atoms with van der Waals surface area (Å²) < 4.78 is 3.52. The summed E-state index contributed by atoms with van der Waals surface area (Å²) in [6.45, 7) is 1.56. The third kappa shape index (κ3) is 1.93. The highest BCUT2D eigenvalue weighted by Crippen LogP contribution is 1.91. The van der Waals surface area contributed by atoms with Crippen molar-refractivity contribution in [3.63, 3.8) is 0 Å². The quantitative estimate of drug-likeness (QED) is 0.765. The molecule has 2 heterocycles. The van der Waals surface area contributed by atoms with Gasteiger partial charge in [0.2, 0.25) is 0 Å². The van der Waals surface area contributed by atoms with Gasteiger partial charge in [-0.2, -0.15) is 5.10 Å². The summed E-state index contributed by atoms with van der Waals surface area (Å²) in [6, 6.07) is 1.89. The minimum Gasteiger partial charge on any atom is -0.313 e. The van der Waals surface area contributed by atoms with Gasteiger partial charge in [-0.1, -0.05) is 0 Å². The number of H-pyrrole nitrogens is 1. The van der Waals surface area contributed by atoms with E-state index in [0.717, 1.165) is 19.5 Å². The molecular formula is C9H12N4O. The molecule has 74 valence electrons. The smallest absolute Gasteiger partial charge is 0.313 e. The first-order chi connectivity index (χ1) is 6.86. The van der Waals surface area contributed by atoms with Crippen LogP contribution in [0.15, 0.2) is 35.6 Å². The molecule has 0 amide bonds. The number of rotatable bonds is 4. The third-order valence-corrected chi connectivity index (χ3v) is 2.07. The van der Waals surface area contributed by atoms with Gasteiger partial charge >= 0.3 is 5.69 Å². The molecule has 14 heavy (non-hydrogen) atoms. The van der Waals surface area contributed by atoms with Crippen LogP contribution in [0.1, 0.15) is 6.42 Å². The van der Waals surface area contributed by atoms with Gasteiger partial charge in [0.1, 0.15) is 0 Å². The van der Waals surface area contributed by atoms with Crippen molar-refractivity contribution in [1.82, 2.24) is 19.3 Å². The molecule has 2 aromatic rings.